The number of carbonyl (C=O) groups excluding carboxylic acids is 2. The van der Waals surface area contributed by atoms with Crippen molar-refractivity contribution < 1.29 is 29.3 Å². The molecule has 0 aliphatic carbocycles. The summed E-state index contributed by atoms with van der Waals surface area (Å²) in [7, 11) is 2.97. The maximum absolute atomic E-state index is 13.3. The second-order valence-corrected chi connectivity index (χ2v) is 8.12. The Bertz CT molecular complexity index is 1310. The predicted octanol–water partition coefficient (Wildman–Crippen LogP) is 4.65. The number of phenolic OH excluding ortho intramolecular Hbond substituents is 1. The van der Waals surface area contributed by atoms with Gasteiger partial charge in [-0.25, -0.2) is 0 Å². The number of phenols is 1. The van der Waals surface area contributed by atoms with Gasteiger partial charge >= 0.3 is 0 Å². The van der Waals surface area contributed by atoms with Gasteiger partial charge in [0.25, 0.3) is 11.7 Å². The molecule has 4 rings (SSSR count). The SMILES string of the molecule is COc1ccc(/C(O)=C2/C(=O)C(=O)N(c3cc(C)ccc3C)C2c2ccc(O)cc2)cc1OC. The van der Waals surface area contributed by atoms with Gasteiger partial charge in [0.15, 0.2) is 11.5 Å². The van der Waals surface area contributed by atoms with Crippen LogP contribution >= 0.6 is 0 Å². The molecule has 1 atom stereocenters. The van der Waals surface area contributed by atoms with Crippen molar-refractivity contribution in [3.8, 4) is 17.2 Å². The quantitative estimate of drug-likeness (QED) is 0.328. The van der Waals surface area contributed by atoms with Crippen molar-refractivity contribution in [1.29, 1.82) is 0 Å². The number of anilines is 1. The third kappa shape index (κ3) is 3.85. The minimum Gasteiger partial charge on any atom is -0.508 e. The second kappa shape index (κ2) is 8.94. The summed E-state index contributed by atoms with van der Waals surface area (Å²) in [5.41, 5.74) is 3.13. The molecular formula is C27H25NO6. The van der Waals surface area contributed by atoms with E-state index < -0.39 is 17.7 Å². The zero-order valence-electron chi connectivity index (χ0n) is 19.3. The first-order valence-electron chi connectivity index (χ1n) is 10.7. The number of aryl methyl sites for hydroxylation is 2. The smallest absolute Gasteiger partial charge is 0.300 e. The van der Waals surface area contributed by atoms with E-state index in [0.717, 1.165) is 11.1 Å². The molecule has 0 spiro atoms. The molecule has 1 saturated heterocycles. The average Bonchev–Trinajstić information content (AvgIpc) is 3.10. The molecule has 34 heavy (non-hydrogen) atoms. The number of nitrogens with zero attached hydrogens (tertiary/aromatic N) is 1. The van der Waals surface area contributed by atoms with Crippen LogP contribution in [-0.2, 0) is 9.59 Å². The maximum atomic E-state index is 13.3. The van der Waals surface area contributed by atoms with Crippen molar-refractivity contribution >= 4 is 23.1 Å². The van der Waals surface area contributed by atoms with Crippen LogP contribution in [0, 0.1) is 13.8 Å². The van der Waals surface area contributed by atoms with Gasteiger partial charge in [0, 0.05) is 11.3 Å². The van der Waals surface area contributed by atoms with Gasteiger partial charge in [-0.05, 0) is 66.9 Å². The first kappa shape index (κ1) is 22.9. The zero-order valence-corrected chi connectivity index (χ0v) is 19.3. The van der Waals surface area contributed by atoms with E-state index in [1.165, 1.54) is 31.3 Å². The summed E-state index contributed by atoms with van der Waals surface area (Å²) in [6.07, 6.45) is 0. The molecule has 7 nitrogen and oxygen atoms in total. The Morgan fingerprint density at radius 1 is 0.882 bits per heavy atom. The zero-order chi connectivity index (χ0) is 24.6. The van der Waals surface area contributed by atoms with E-state index in [9.17, 15) is 19.8 Å². The molecule has 1 fully saturated rings. The van der Waals surface area contributed by atoms with Crippen molar-refractivity contribution in [2.45, 2.75) is 19.9 Å². The number of aromatic hydroxyl groups is 1. The van der Waals surface area contributed by atoms with Gasteiger partial charge in [0.2, 0.25) is 0 Å². The van der Waals surface area contributed by atoms with Crippen molar-refractivity contribution in [3.63, 3.8) is 0 Å². The highest BCUT2D eigenvalue weighted by atomic mass is 16.5. The van der Waals surface area contributed by atoms with E-state index in [1.807, 2.05) is 32.0 Å². The Balaban J connectivity index is 1.97. The van der Waals surface area contributed by atoms with E-state index in [2.05, 4.69) is 0 Å². The summed E-state index contributed by atoms with van der Waals surface area (Å²) in [6.45, 7) is 3.76. The van der Waals surface area contributed by atoms with Gasteiger partial charge in [-0.1, -0.05) is 24.3 Å². The molecular weight excluding hydrogens is 434 g/mol. The number of ether oxygens (including phenoxy) is 2. The minimum atomic E-state index is -0.894. The van der Waals surface area contributed by atoms with E-state index in [1.54, 1.807) is 30.3 Å². The largest absolute Gasteiger partial charge is 0.508 e. The Kier molecular flexibility index (Phi) is 6.03. The fourth-order valence-electron chi connectivity index (χ4n) is 4.17. The standard InChI is InChI=1S/C27H25NO6/c1-15-5-6-16(2)20(13-15)28-24(17-7-10-19(29)11-8-17)23(26(31)27(28)32)25(30)18-9-12-21(33-3)22(14-18)34-4/h5-14,24,29-30H,1-4H3/b25-23-. The van der Waals surface area contributed by atoms with Crippen LogP contribution in [0.3, 0.4) is 0 Å². The number of benzene rings is 3. The van der Waals surface area contributed by atoms with Crippen LogP contribution in [0.4, 0.5) is 5.69 Å². The van der Waals surface area contributed by atoms with Crippen molar-refractivity contribution in [1.82, 2.24) is 0 Å². The van der Waals surface area contributed by atoms with Gasteiger partial charge in [-0.2, -0.15) is 0 Å². The number of rotatable bonds is 5. The summed E-state index contributed by atoms with van der Waals surface area (Å²) >= 11 is 0. The summed E-state index contributed by atoms with van der Waals surface area (Å²) < 4.78 is 10.6. The molecule has 1 unspecified atom stereocenters. The Morgan fingerprint density at radius 2 is 1.56 bits per heavy atom. The second-order valence-electron chi connectivity index (χ2n) is 8.12. The topological polar surface area (TPSA) is 96.3 Å². The van der Waals surface area contributed by atoms with Gasteiger partial charge in [-0.3, -0.25) is 14.5 Å². The van der Waals surface area contributed by atoms with Gasteiger partial charge in [-0.15, -0.1) is 0 Å². The van der Waals surface area contributed by atoms with Crippen molar-refractivity contribution in [3.05, 3.63) is 88.5 Å². The lowest BCUT2D eigenvalue weighted by Gasteiger charge is -2.27. The lowest BCUT2D eigenvalue weighted by Crippen LogP contribution is -2.30. The molecule has 1 aliphatic rings. The molecule has 3 aromatic rings. The lowest BCUT2D eigenvalue weighted by atomic mass is 9.94. The molecule has 0 saturated carbocycles. The predicted molar refractivity (Wildman–Crippen MR) is 128 cm³/mol. The first-order chi connectivity index (χ1) is 16.3. The number of ketones is 1. The van der Waals surface area contributed by atoms with Crippen molar-refractivity contribution in [2.75, 3.05) is 19.1 Å². The Hall–Kier alpha value is -4.26. The number of carbonyl (C=O) groups is 2. The van der Waals surface area contributed by atoms with Gasteiger partial charge in [0.1, 0.15) is 11.5 Å². The van der Waals surface area contributed by atoms with E-state index in [4.69, 9.17) is 9.47 Å². The number of hydrogen-bond acceptors (Lipinski definition) is 6. The molecule has 1 aliphatic heterocycles. The van der Waals surface area contributed by atoms with Crippen LogP contribution in [0.15, 0.2) is 66.2 Å². The number of methoxy groups -OCH3 is 2. The summed E-state index contributed by atoms with van der Waals surface area (Å²) in [5, 5.41) is 21.1. The highest BCUT2D eigenvalue weighted by Crippen LogP contribution is 2.44. The minimum absolute atomic E-state index is 0.0485. The Labute approximate surface area is 197 Å². The number of amides is 1. The monoisotopic (exact) mass is 459 g/mol. The first-order valence-corrected chi connectivity index (χ1v) is 10.7. The molecule has 3 aromatic carbocycles. The van der Waals surface area contributed by atoms with Gasteiger partial charge in [0.05, 0.1) is 25.8 Å². The van der Waals surface area contributed by atoms with E-state index in [0.29, 0.717) is 28.3 Å². The molecule has 7 heteroatoms. The molecule has 2 N–H and O–H groups in total. The lowest BCUT2D eigenvalue weighted by molar-refractivity contribution is -0.132. The fraction of sp³-hybridized carbons (Fsp3) is 0.185. The summed E-state index contributed by atoms with van der Waals surface area (Å²) in [5.74, 6) is -0.987. The van der Waals surface area contributed by atoms with Gasteiger partial charge < -0.3 is 19.7 Å². The van der Waals surface area contributed by atoms with Crippen molar-refractivity contribution in [2.24, 2.45) is 0 Å². The highest BCUT2D eigenvalue weighted by molar-refractivity contribution is 6.51. The van der Waals surface area contributed by atoms with E-state index >= 15 is 0 Å². The molecule has 1 amide bonds. The normalized spacial score (nSPS) is 17.2. The summed E-state index contributed by atoms with van der Waals surface area (Å²) in [4.78, 5) is 28.0. The van der Waals surface area contributed by atoms with Crippen LogP contribution in [0.25, 0.3) is 5.76 Å². The van der Waals surface area contributed by atoms with E-state index in [-0.39, 0.29) is 17.1 Å². The number of hydrogen-bond donors (Lipinski definition) is 2. The molecule has 0 radical (unpaired) electrons. The van der Waals surface area contributed by atoms with Crippen LogP contribution in [0.1, 0.15) is 28.3 Å². The van der Waals surface area contributed by atoms with Crippen LogP contribution in [0.5, 0.6) is 17.2 Å². The van der Waals surface area contributed by atoms with Crippen LogP contribution in [0.2, 0.25) is 0 Å². The Morgan fingerprint density at radius 3 is 2.21 bits per heavy atom. The molecule has 1 heterocycles. The van der Waals surface area contributed by atoms with Crippen LogP contribution < -0.4 is 14.4 Å². The fourth-order valence-corrected chi connectivity index (χ4v) is 4.17. The average molecular weight is 459 g/mol. The third-order valence-electron chi connectivity index (χ3n) is 5.93. The number of Topliss-reactive ketones (excluding diaryl/α,β-unsaturated/α-hetero) is 1. The number of aliphatic hydroxyl groups excluding tert-OH is 1. The molecule has 0 bridgehead atoms. The third-order valence-corrected chi connectivity index (χ3v) is 5.93. The summed E-state index contributed by atoms with van der Waals surface area (Å²) in [6, 6.07) is 15.7. The molecule has 0 aromatic heterocycles. The molecule has 174 valence electrons. The maximum Gasteiger partial charge on any atom is 0.300 e. The number of aliphatic hydroxyl groups is 1. The highest BCUT2D eigenvalue weighted by Gasteiger charge is 2.47. The van der Waals surface area contributed by atoms with Crippen LogP contribution in [-0.4, -0.2) is 36.1 Å².